The number of aryl methyl sites for hydroxylation is 2. The van der Waals surface area contributed by atoms with E-state index in [-0.39, 0.29) is 23.6 Å². The van der Waals surface area contributed by atoms with Crippen LogP contribution < -0.4 is 10.1 Å². The Balaban J connectivity index is 2.23. The molecule has 2 rings (SSSR count). The predicted octanol–water partition coefficient (Wildman–Crippen LogP) is 4.34. The van der Waals surface area contributed by atoms with E-state index in [2.05, 4.69) is 10.1 Å². The van der Waals surface area contributed by atoms with E-state index in [1.807, 2.05) is 6.92 Å². The van der Waals surface area contributed by atoms with Gasteiger partial charge in [0, 0.05) is 5.56 Å². The molecule has 0 aliphatic carbocycles. The first-order chi connectivity index (χ1) is 10.9. The van der Waals surface area contributed by atoms with Gasteiger partial charge < -0.3 is 9.47 Å². The summed E-state index contributed by atoms with van der Waals surface area (Å²) >= 11 is 0. The van der Waals surface area contributed by atoms with Crippen LogP contribution in [0.4, 0.5) is 19.3 Å². The van der Waals surface area contributed by atoms with Gasteiger partial charge in [-0.25, -0.2) is 13.6 Å². The van der Waals surface area contributed by atoms with Gasteiger partial charge in [-0.3, -0.25) is 5.32 Å². The van der Waals surface area contributed by atoms with Crippen molar-refractivity contribution in [1.29, 1.82) is 0 Å². The molecule has 0 fully saturated rings. The first kappa shape index (κ1) is 16.7. The molecule has 1 N–H and O–H groups in total. The minimum absolute atomic E-state index is 0.0281. The minimum Gasteiger partial charge on any atom is -0.486 e. The topological polar surface area (TPSA) is 47.6 Å². The number of ether oxygens (including phenoxy) is 2. The molecule has 0 radical (unpaired) electrons. The van der Waals surface area contributed by atoms with E-state index in [1.165, 1.54) is 31.4 Å². The van der Waals surface area contributed by atoms with E-state index in [4.69, 9.17) is 4.74 Å². The van der Waals surface area contributed by atoms with Crippen molar-refractivity contribution >= 4 is 11.8 Å². The van der Waals surface area contributed by atoms with Crippen LogP contribution in [0, 0.1) is 25.5 Å². The smallest absolute Gasteiger partial charge is 0.411 e. The van der Waals surface area contributed by atoms with Gasteiger partial charge in [-0.15, -0.1) is 0 Å². The summed E-state index contributed by atoms with van der Waals surface area (Å²) in [4.78, 5) is 11.3. The molecule has 2 aromatic carbocycles. The summed E-state index contributed by atoms with van der Waals surface area (Å²) in [6.07, 6.45) is -0.728. The zero-order valence-corrected chi connectivity index (χ0v) is 13.1. The van der Waals surface area contributed by atoms with Gasteiger partial charge in [-0.2, -0.15) is 0 Å². The van der Waals surface area contributed by atoms with Crippen molar-refractivity contribution in [3.05, 3.63) is 58.7 Å². The molecule has 0 aliphatic heterocycles. The normalized spacial score (nSPS) is 10.3. The molecule has 122 valence electrons. The zero-order chi connectivity index (χ0) is 17.0. The maximum atomic E-state index is 14.0. The SMILES string of the molecule is COC(=O)Nc1cccc(F)c1COc1cc(C)c(C)cc1F. The Kier molecular flexibility index (Phi) is 5.16. The van der Waals surface area contributed by atoms with Crippen molar-refractivity contribution in [1.82, 2.24) is 0 Å². The van der Waals surface area contributed by atoms with Gasteiger partial charge in [0.15, 0.2) is 11.6 Å². The fourth-order valence-electron chi connectivity index (χ4n) is 2.00. The van der Waals surface area contributed by atoms with Gasteiger partial charge in [0.1, 0.15) is 12.4 Å². The number of anilines is 1. The third-order valence-electron chi connectivity index (χ3n) is 3.46. The van der Waals surface area contributed by atoms with Crippen LogP contribution in [0.3, 0.4) is 0 Å². The Morgan fingerprint density at radius 2 is 1.83 bits per heavy atom. The number of halogens is 2. The minimum atomic E-state index is -0.728. The van der Waals surface area contributed by atoms with E-state index in [9.17, 15) is 13.6 Å². The fraction of sp³-hybridized carbons (Fsp3) is 0.235. The van der Waals surface area contributed by atoms with Crippen molar-refractivity contribution in [3.8, 4) is 5.75 Å². The molecule has 0 saturated heterocycles. The molecule has 23 heavy (non-hydrogen) atoms. The van der Waals surface area contributed by atoms with Gasteiger partial charge >= 0.3 is 6.09 Å². The van der Waals surface area contributed by atoms with Crippen molar-refractivity contribution in [3.63, 3.8) is 0 Å². The van der Waals surface area contributed by atoms with Crippen molar-refractivity contribution in [2.24, 2.45) is 0 Å². The first-order valence-corrected chi connectivity index (χ1v) is 6.94. The number of methoxy groups -OCH3 is 1. The Morgan fingerprint density at radius 1 is 1.13 bits per heavy atom. The van der Waals surface area contributed by atoms with Crippen LogP contribution in [0.25, 0.3) is 0 Å². The van der Waals surface area contributed by atoms with Crippen LogP contribution >= 0.6 is 0 Å². The Bertz CT molecular complexity index is 732. The molecule has 0 spiro atoms. The molecule has 6 heteroatoms. The average Bonchev–Trinajstić information content (AvgIpc) is 2.51. The van der Waals surface area contributed by atoms with Crippen LogP contribution in [0.2, 0.25) is 0 Å². The maximum absolute atomic E-state index is 14.0. The van der Waals surface area contributed by atoms with Gasteiger partial charge in [0.05, 0.1) is 12.8 Å². The summed E-state index contributed by atoms with van der Waals surface area (Å²) < 4.78 is 37.8. The predicted molar refractivity (Wildman–Crippen MR) is 82.6 cm³/mol. The second kappa shape index (κ2) is 7.09. The lowest BCUT2D eigenvalue weighted by molar-refractivity contribution is 0.187. The molecule has 2 aromatic rings. The molecule has 4 nitrogen and oxygen atoms in total. The maximum Gasteiger partial charge on any atom is 0.411 e. The van der Waals surface area contributed by atoms with E-state index >= 15 is 0 Å². The van der Waals surface area contributed by atoms with Crippen molar-refractivity contribution in [2.75, 3.05) is 12.4 Å². The zero-order valence-electron chi connectivity index (χ0n) is 13.1. The number of carbonyl (C=O) groups excluding carboxylic acids is 1. The van der Waals surface area contributed by atoms with E-state index < -0.39 is 17.7 Å². The molecule has 1 amide bonds. The molecule has 0 bridgehead atoms. The van der Waals surface area contributed by atoms with Gasteiger partial charge in [0.25, 0.3) is 0 Å². The number of hydrogen-bond donors (Lipinski definition) is 1. The monoisotopic (exact) mass is 321 g/mol. The van der Waals surface area contributed by atoms with Crippen LogP contribution in [0.15, 0.2) is 30.3 Å². The highest BCUT2D eigenvalue weighted by Gasteiger charge is 2.14. The standard InChI is InChI=1S/C17H17F2NO3/c1-10-7-14(19)16(8-11(10)2)23-9-12-13(18)5-4-6-15(12)20-17(21)22-3/h4-8H,9H2,1-3H3,(H,20,21). The van der Waals surface area contributed by atoms with Gasteiger partial charge in [-0.05, 0) is 49.2 Å². The number of nitrogens with one attached hydrogen (secondary N) is 1. The number of carbonyl (C=O) groups is 1. The molecular formula is C17H17F2NO3. The van der Waals surface area contributed by atoms with E-state index in [0.717, 1.165) is 11.1 Å². The molecular weight excluding hydrogens is 304 g/mol. The summed E-state index contributed by atoms with van der Waals surface area (Å²) in [7, 11) is 1.20. The highest BCUT2D eigenvalue weighted by Crippen LogP contribution is 2.25. The van der Waals surface area contributed by atoms with Crippen molar-refractivity contribution < 1.29 is 23.0 Å². The number of rotatable bonds is 4. The molecule has 0 aliphatic rings. The van der Waals surface area contributed by atoms with Gasteiger partial charge in [-0.1, -0.05) is 6.07 Å². The fourth-order valence-corrected chi connectivity index (χ4v) is 2.00. The third-order valence-corrected chi connectivity index (χ3v) is 3.46. The average molecular weight is 321 g/mol. The summed E-state index contributed by atoms with van der Waals surface area (Å²) in [5.41, 5.74) is 1.98. The van der Waals surface area contributed by atoms with Crippen LogP contribution in [-0.4, -0.2) is 13.2 Å². The lowest BCUT2D eigenvalue weighted by Crippen LogP contribution is -2.14. The first-order valence-electron chi connectivity index (χ1n) is 6.94. The van der Waals surface area contributed by atoms with Crippen LogP contribution in [0.5, 0.6) is 5.75 Å². The number of benzene rings is 2. The largest absolute Gasteiger partial charge is 0.486 e. The van der Waals surface area contributed by atoms with Crippen LogP contribution in [0.1, 0.15) is 16.7 Å². The highest BCUT2D eigenvalue weighted by molar-refractivity contribution is 5.85. The highest BCUT2D eigenvalue weighted by atomic mass is 19.1. The summed E-state index contributed by atoms with van der Waals surface area (Å²) in [6.45, 7) is 3.39. The summed E-state index contributed by atoms with van der Waals surface area (Å²) in [6, 6.07) is 7.10. The second-order valence-corrected chi connectivity index (χ2v) is 5.04. The Hall–Kier alpha value is -2.63. The quantitative estimate of drug-likeness (QED) is 0.911. The van der Waals surface area contributed by atoms with Crippen LogP contribution in [-0.2, 0) is 11.3 Å². The molecule has 0 heterocycles. The van der Waals surface area contributed by atoms with E-state index in [0.29, 0.717) is 0 Å². The third kappa shape index (κ3) is 3.97. The summed E-state index contributed by atoms with van der Waals surface area (Å²) in [5.74, 6) is -1.06. The molecule has 0 saturated carbocycles. The number of hydrogen-bond acceptors (Lipinski definition) is 3. The Morgan fingerprint density at radius 3 is 2.52 bits per heavy atom. The van der Waals surface area contributed by atoms with E-state index in [1.54, 1.807) is 13.0 Å². The molecule has 0 atom stereocenters. The lowest BCUT2D eigenvalue weighted by atomic mass is 10.1. The molecule has 0 aromatic heterocycles. The second-order valence-electron chi connectivity index (χ2n) is 5.04. The Labute approximate surface area is 133 Å². The number of amides is 1. The lowest BCUT2D eigenvalue weighted by Gasteiger charge is -2.14. The van der Waals surface area contributed by atoms with Crippen molar-refractivity contribution in [2.45, 2.75) is 20.5 Å². The molecule has 0 unspecified atom stereocenters. The van der Waals surface area contributed by atoms with Gasteiger partial charge in [0.2, 0.25) is 0 Å². The summed E-state index contributed by atoms with van der Waals surface area (Å²) in [5, 5.41) is 2.40.